The molecule has 11 heteroatoms. The van der Waals surface area contributed by atoms with Gasteiger partial charge in [-0.3, -0.25) is 14.9 Å². The Morgan fingerprint density at radius 3 is 2.33 bits per heavy atom. The second-order valence-corrected chi connectivity index (χ2v) is 10.4. The maximum atomic E-state index is 13.4. The Morgan fingerprint density at radius 1 is 1.13 bits per heavy atom. The molecule has 1 saturated heterocycles. The minimum atomic E-state index is -0.597. The Balaban J connectivity index is 1.61. The van der Waals surface area contributed by atoms with Crippen molar-refractivity contribution in [1.29, 1.82) is 5.26 Å². The molecule has 3 aromatic rings. The molecule has 0 bridgehead atoms. The van der Waals surface area contributed by atoms with E-state index in [0.29, 0.717) is 48.6 Å². The molecule has 0 atom stereocenters. The van der Waals surface area contributed by atoms with E-state index in [1.807, 2.05) is 20.8 Å². The highest BCUT2D eigenvalue weighted by Gasteiger charge is 2.32. The average Bonchev–Trinajstić information content (AvgIpc) is 3.34. The van der Waals surface area contributed by atoms with Gasteiger partial charge >= 0.3 is 6.09 Å². The van der Waals surface area contributed by atoms with Gasteiger partial charge in [0.2, 0.25) is 0 Å². The number of amides is 2. The summed E-state index contributed by atoms with van der Waals surface area (Å²) in [4.78, 5) is 38.3. The zero-order valence-corrected chi connectivity index (χ0v) is 22.1. The van der Waals surface area contributed by atoms with Gasteiger partial charge in [0.05, 0.1) is 40.6 Å². The molecule has 1 aliphatic rings. The van der Waals surface area contributed by atoms with Crippen LogP contribution in [0.1, 0.15) is 61.1 Å². The lowest BCUT2D eigenvalue weighted by molar-refractivity contribution is -0.384. The first-order valence-corrected chi connectivity index (χ1v) is 12.6. The van der Waals surface area contributed by atoms with Crippen LogP contribution in [0.25, 0.3) is 5.69 Å². The van der Waals surface area contributed by atoms with Gasteiger partial charge in [-0.05, 0) is 63.4 Å². The summed E-state index contributed by atoms with van der Waals surface area (Å²) in [5.74, 6) is -0.444. The van der Waals surface area contributed by atoms with Gasteiger partial charge in [0.25, 0.3) is 11.6 Å². The van der Waals surface area contributed by atoms with Crippen LogP contribution in [0.15, 0.2) is 54.7 Å². The highest BCUT2D eigenvalue weighted by molar-refractivity contribution is 6.05. The van der Waals surface area contributed by atoms with E-state index >= 15 is 0 Å². The first-order chi connectivity index (χ1) is 18.6. The molecular formula is C28H30N6O5. The van der Waals surface area contributed by atoms with Crippen molar-refractivity contribution in [1.82, 2.24) is 14.7 Å². The second kappa shape index (κ2) is 11.3. The zero-order chi connectivity index (χ0) is 28.2. The number of nitrogens with one attached hydrogen (secondary N) is 1. The number of hydrogen-bond acceptors (Lipinski definition) is 7. The van der Waals surface area contributed by atoms with Crippen molar-refractivity contribution in [3.8, 4) is 11.8 Å². The molecule has 202 valence electrons. The van der Waals surface area contributed by atoms with Crippen LogP contribution >= 0.6 is 0 Å². The van der Waals surface area contributed by atoms with E-state index < -0.39 is 10.5 Å². The molecule has 11 nitrogen and oxygen atoms in total. The highest BCUT2D eigenvalue weighted by atomic mass is 16.6. The van der Waals surface area contributed by atoms with Crippen molar-refractivity contribution < 1.29 is 19.2 Å². The third-order valence-corrected chi connectivity index (χ3v) is 6.38. The zero-order valence-electron chi connectivity index (χ0n) is 22.1. The molecule has 0 radical (unpaired) electrons. The number of aromatic nitrogens is 2. The number of nitrogens with zero attached hydrogens (tertiary/aromatic N) is 5. The molecule has 2 aromatic carbocycles. The third-order valence-electron chi connectivity index (χ3n) is 6.38. The standard InChI is InChI=1S/C28H30N6O5/c1-28(2,3)39-27(36)32-16-13-20(14-17-32)25-24(26(35)31-21-6-4-19(5-7-21)12-15-29)18-30-33(25)22-8-10-23(11-9-22)34(37)38/h4-11,18,20H,12-14,16-17H2,1-3H3,(H,31,35). The van der Waals surface area contributed by atoms with Gasteiger partial charge < -0.3 is 15.0 Å². The normalized spacial score (nSPS) is 13.9. The smallest absolute Gasteiger partial charge is 0.410 e. The average molecular weight is 531 g/mol. The van der Waals surface area contributed by atoms with Crippen LogP contribution in [0.4, 0.5) is 16.2 Å². The fourth-order valence-electron chi connectivity index (χ4n) is 4.50. The number of nitro benzene ring substituents is 1. The molecule has 1 fully saturated rings. The van der Waals surface area contributed by atoms with E-state index in [1.165, 1.54) is 18.3 Å². The van der Waals surface area contributed by atoms with E-state index in [-0.39, 0.29) is 30.0 Å². The Bertz CT molecular complexity index is 1390. The van der Waals surface area contributed by atoms with E-state index in [4.69, 9.17) is 10.00 Å². The van der Waals surface area contributed by atoms with Crippen LogP contribution < -0.4 is 5.32 Å². The quantitative estimate of drug-likeness (QED) is 0.340. The van der Waals surface area contributed by atoms with Crippen LogP contribution in [-0.4, -0.2) is 50.3 Å². The molecule has 2 heterocycles. The number of carbonyl (C=O) groups excluding carboxylic acids is 2. The third kappa shape index (κ3) is 6.59. The van der Waals surface area contributed by atoms with Crippen LogP contribution in [0, 0.1) is 21.4 Å². The molecule has 1 aromatic heterocycles. The summed E-state index contributed by atoms with van der Waals surface area (Å²) in [6.07, 6.45) is 2.57. The Morgan fingerprint density at radius 2 is 1.77 bits per heavy atom. The van der Waals surface area contributed by atoms with Gasteiger partial charge in [-0.25, -0.2) is 9.48 Å². The molecule has 1 N–H and O–H groups in total. The lowest BCUT2D eigenvalue weighted by Gasteiger charge is -2.34. The van der Waals surface area contributed by atoms with Crippen LogP contribution in [0.3, 0.4) is 0 Å². The van der Waals surface area contributed by atoms with Gasteiger partial charge in [-0.15, -0.1) is 0 Å². The number of carbonyl (C=O) groups is 2. The summed E-state index contributed by atoms with van der Waals surface area (Å²) in [7, 11) is 0. The first-order valence-electron chi connectivity index (χ1n) is 12.6. The predicted molar refractivity (Wildman–Crippen MR) is 144 cm³/mol. The number of hydrogen-bond donors (Lipinski definition) is 1. The van der Waals surface area contributed by atoms with Crippen LogP contribution in [0.2, 0.25) is 0 Å². The lowest BCUT2D eigenvalue weighted by atomic mass is 9.90. The Kier molecular flexibility index (Phi) is 7.95. The molecule has 0 unspecified atom stereocenters. The first kappa shape index (κ1) is 27.3. The van der Waals surface area contributed by atoms with E-state index in [2.05, 4.69) is 16.5 Å². The predicted octanol–water partition coefficient (Wildman–Crippen LogP) is 5.21. The minimum absolute atomic E-state index is 0.0454. The molecule has 0 spiro atoms. The number of non-ortho nitro benzene ring substituents is 1. The van der Waals surface area contributed by atoms with Gasteiger partial charge in [-0.2, -0.15) is 10.4 Å². The lowest BCUT2D eigenvalue weighted by Crippen LogP contribution is -2.41. The number of nitro groups is 1. The monoisotopic (exact) mass is 530 g/mol. The van der Waals surface area contributed by atoms with Gasteiger partial charge in [-0.1, -0.05) is 12.1 Å². The topological polar surface area (TPSA) is 143 Å². The van der Waals surface area contributed by atoms with Crippen LogP contribution in [0.5, 0.6) is 0 Å². The van der Waals surface area contributed by atoms with Crippen molar-refractivity contribution in [3.63, 3.8) is 0 Å². The fraction of sp³-hybridized carbons (Fsp3) is 0.357. The number of benzene rings is 2. The number of nitriles is 1. The van der Waals surface area contributed by atoms with Crippen molar-refractivity contribution in [3.05, 3.63) is 81.7 Å². The van der Waals surface area contributed by atoms with Crippen molar-refractivity contribution >= 4 is 23.4 Å². The van der Waals surface area contributed by atoms with Crippen molar-refractivity contribution in [2.75, 3.05) is 18.4 Å². The highest BCUT2D eigenvalue weighted by Crippen LogP contribution is 2.33. The maximum absolute atomic E-state index is 13.4. The molecule has 0 saturated carbocycles. The summed E-state index contributed by atoms with van der Waals surface area (Å²) < 4.78 is 7.15. The van der Waals surface area contributed by atoms with Crippen LogP contribution in [-0.2, 0) is 11.2 Å². The van der Waals surface area contributed by atoms with E-state index in [0.717, 1.165) is 5.56 Å². The number of ether oxygens (including phenoxy) is 1. The fourth-order valence-corrected chi connectivity index (χ4v) is 4.50. The SMILES string of the molecule is CC(C)(C)OC(=O)N1CCC(c2c(C(=O)Nc3ccc(CC#N)cc3)cnn2-c2ccc([N+](=O)[O-])cc2)CC1. The molecule has 2 amide bonds. The van der Waals surface area contributed by atoms with Gasteiger partial charge in [0.1, 0.15) is 5.60 Å². The maximum Gasteiger partial charge on any atom is 0.410 e. The number of likely N-dealkylation sites (tertiary alicyclic amines) is 1. The summed E-state index contributed by atoms with van der Waals surface area (Å²) in [6, 6.07) is 15.1. The summed E-state index contributed by atoms with van der Waals surface area (Å²) in [5.41, 5.74) is 2.42. The minimum Gasteiger partial charge on any atom is -0.444 e. The van der Waals surface area contributed by atoms with E-state index in [9.17, 15) is 19.7 Å². The van der Waals surface area contributed by atoms with Gasteiger partial charge in [0, 0.05) is 36.8 Å². The number of piperidine rings is 1. The largest absolute Gasteiger partial charge is 0.444 e. The molecule has 39 heavy (non-hydrogen) atoms. The van der Waals surface area contributed by atoms with E-state index in [1.54, 1.807) is 46.0 Å². The Hall–Kier alpha value is -4.72. The number of rotatable bonds is 6. The number of anilines is 1. The molecule has 4 rings (SSSR count). The molecular weight excluding hydrogens is 500 g/mol. The van der Waals surface area contributed by atoms with Crippen molar-refractivity contribution in [2.45, 2.75) is 51.6 Å². The summed E-state index contributed by atoms with van der Waals surface area (Å²) in [6.45, 7) is 6.37. The van der Waals surface area contributed by atoms with Gasteiger partial charge in [0.15, 0.2) is 0 Å². The molecule has 1 aliphatic heterocycles. The second-order valence-electron chi connectivity index (χ2n) is 10.4. The van der Waals surface area contributed by atoms with Crippen molar-refractivity contribution in [2.24, 2.45) is 0 Å². The summed E-state index contributed by atoms with van der Waals surface area (Å²) in [5, 5.41) is 27.4. The summed E-state index contributed by atoms with van der Waals surface area (Å²) >= 11 is 0. The Labute approximate surface area is 226 Å². The molecule has 0 aliphatic carbocycles.